The molecule has 2 N–H and O–H groups in total. The molecule has 0 fully saturated rings. The first-order valence-corrected chi connectivity index (χ1v) is 3.60. The normalized spacial score (nSPS) is 12.9. The van der Waals surface area contributed by atoms with Crippen LogP contribution in [-0.4, -0.2) is 20.0 Å². The first-order chi connectivity index (χ1) is 4.74. The van der Waals surface area contributed by atoms with Crippen LogP contribution < -0.4 is 0 Å². The molecule has 1 aromatic heterocycles. The van der Waals surface area contributed by atoms with Crippen molar-refractivity contribution in [2.75, 3.05) is 0 Å². The van der Waals surface area contributed by atoms with Crippen LogP contribution in [0.15, 0.2) is 17.2 Å². The molecule has 54 valence electrons. The molecule has 1 aromatic rings. The number of hydrogen-bond donors (Lipinski definition) is 2. The summed E-state index contributed by atoms with van der Waals surface area (Å²) in [6.07, 6.45) is 0.580. The molecule has 10 heavy (non-hydrogen) atoms. The summed E-state index contributed by atoms with van der Waals surface area (Å²) in [5, 5.41) is 0.141. The molecular formula is C5H5NO3S. The van der Waals surface area contributed by atoms with Gasteiger partial charge >= 0.3 is 0 Å². The fourth-order valence-corrected chi connectivity index (χ4v) is 0.951. The minimum absolute atomic E-state index is 0.141. The quantitative estimate of drug-likeness (QED) is 0.485. The van der Waals surface area contributed by atoms with E-state index in [-0.39, 0.29) is 5.03 Å². The second kappa shape index (κ2) is 2.76. The molecule has 0 aliphatic rings. The zero-order valence-electron chi connectivity index (χ0n) is 4.90. The van der Waals surface area contributed by atoms with Crippen LogP contribution in [0, 0.1) is 0 Å². The number of rotatable bonds is 2. The maximum atomic E-state index is 10.3. The number of H-pyrrole nitrogens is 1. The van der Waals surface area contributed by atoms with E-state index >= 15 is 0 Å². The maximum absolute atomic E-state index is 10.3. The van der Waals surface area contributed by atoms with Crippen LogP contribution in [-0.2, 0) is 11.1 Å². The molecule has 0 saturated carbocycles. The van der Waals surface area contributed by atoms with Crippen molar-refractivity contribution >= 4 is 17.4 Å². The highest BCUT2D eigenvalue weighted by Gasteiger charge is 2.01. The lowest BCUT2D eigenvalue weighted by molar-refractivity contribution is 0.111. The molecule has 1 rings (SSSR count). The van der Waals surface area contributed by atoms with Gasteiger partial charge in [0, 0.05) is 0 Å². The number of hydrogen-bond acceptors (Lipinski definition) is 2. The van der Waals surface area contributed by atoms with Crippen molar-refractivity contribution in [2.24, 2.45) is 0 Å². The highest BCUT2D eigenvalue weighted by Crippen LogP contribution is 2.02. The van der Waals surface area contributed by atoms with Gasteiger partial charge in [-0.3, -0.25) is 4.79 Å². The van der Waals surface area contributed by atoms with Crippen molar-refractivity contribution in [3.8, 4) is 0 Å². The van der Waals surface area contributed by atoms with Crippen molar-refractivity contribution in [2.45, 2.75) is 5.03 Å². The number of aromatic nitrogens is 1. The summed E-state index contributed by atoms with van der Waals surface area (Å²) in [5.41, 5.74) is 0.303. The summed E-state index contributed by atoms with van der Waals surface area (Å²) in [7, 11) is 0. The van der Waals surface area contributed by atoms with Crippen molar-refractivity contribution in [1.29, 1.82) is 0 Å². The Balaban J connectivity index is 2.98. The van der Waals surface area contributed by atoms with Crippen LogP contribution in [0.1, 0.15) is 10.5 Å². The van der Waals surface area contributed by atoms with Gasteiger partial charge in [-0.25, -0.2) is 4.21 Å². The van der Waals surface area contributed by atoms with Crippen molar-refractivity contribution in [1.82, 2.24) is 4.98 Å². The zero-order valence-corrected chi connectivity index (χ0v) is 5.72. The lowest BCUT2D eigenvalue weighted by atomic mass is 10.5. The molecule has 0 saturated heterocycles. The van der Waals surface area contributed by atoms with Crippen LogP contribution >= 0.6 is 0 Å². The summed E-state index contributed by atoms with van der Waals surface area (Å²) >= 11 is -2.02. The molecule has 0 radical (unpaired) electrons. The fraction of sp³-hybridized carbons (Fsp3) is 0. The van der Waals surface area contributed by atoms with Gasteiger partial charge in [0.1, 0.15) is 5.03 Å². The van der Waals surface area contributed by atoms with E-state index in [1.807, 2.05) is 0 Å². The van der Waals surface area contributed by atoms with Crippen LogP contribution in [0.4, 0.5) is 0 Å². The average Bonchev–Trinajstić information content (AvgIpc) is 2.34. The van der Waals surface area contributed by atoms with Gasteiger partial charge in [0.2, 0.25) is 11.1 Å². The predicted molar refractivity (Wildman–Crippen MR) is 35.2 cm³/mol. The van der Waals surface area contributed by atoms with Crippen molar-refractivity contribution < 1.29 is 13.6 Å². The lowest BCUT2D eigenvalue weighted by Gasteiger charge is -1.84. The molecule has 1 heterocycles. The molecule has 5 heteroatoms. The van der Waals surface area contributed by atoms with Gasteiger partial charge in [-0.05, 0) is 12.1 Å². The first kappa shape index (κ1) is 7.17. The third kappa shape index (κ3) is 1.31. The summed E-state index contributed by atoms with van der Waals surface area (Å²) < 4.78 is 18.8. The van der Waals surface area contributed by atoms with E-state index in [2.05, 4.69) is 4.98 Å². The van der Waals surface area contributed by atoms with Crippen LogP contribution in [0.2, 0.25) is 0 Å². The number of carbonyl (C=O) groups is 1. The van der Waals surface area contributed by atoms with E-state index in [1.54, 1.807) is 0 Å². The fourth-order valence-electron chi connectivity index (χ4n) is 0.562. The molecule has 0 bridgehead atoms. The van der Waals surface area contributed by atoms with E-state index in [9.17, 15) is 9.00 Å². The maximum Gasteiger partial charge on any atom is 0.203 e. The Hall–Kier alpha value is -0.940. The smallest absolute Gasteiger partial charge is 0.203 e. The Kier molecular flexibility index (Phi) is 1.98. The summed E-state index contributed by atoms with van der Waals surface area (Å²) in [4.78, 5) is 12.5. The van der Waals surface area contributed by atoms with Crippen LogP contribution in [0.25, 0.3) is 0 Å². The Morgan fingerprint density at radius 2 is 2.30 bits per heavy atom. The molecule has 0 aromatic carbocycles. The van der Waals surface area contributed by atoms with E-state index in [4.69, 9.17) is 4.55 Å². The van der Waals surface area contributed by atoms with E-state index in [0.717, 1.165) is 0 Å². The molecule has 0 aliphatic heterocycles. The molecule has 0 aliphatic carbocycles. The summed E-state index contributed by atoms with van der Waals surface area (Å²) in [6.45, 7) is 0. The van der Waals surface area contributed by atoms with Gasteiger partial charge in [-0.2, -0.15) is 0 Å². The van der Waals surface area contributed by atoms with E-state index in [0.29, 0.717) is 12.0 Å². The van der Waals surface area contributed by atoms with Gasteiger partial charge in [0.05, 0.1) is 5.69 Å². The van der Waals surface area contributed by atoms with Crippen LogP contribution in [0.3, 0.4) is 0 Å². The third-order valence-corrected chi connectivity index (χ3v) is 1.61. The monoisotopic (exact) mass is 159 g/mol. The zero-order chi connectivity index (χ0) is 7.56. The Labute approximate surface area is 59.5 Å². The van der Waals surface area contributed by atoms with Gasteiger partial charge in [-0.1, -0.05) is 0 Å². The summed E-state index contributed by atoms with van der Waals surface area (Å²) in [6, 6.07) is 2.83. The highest BCUT2D eigenvalue weighted by molar-refractivity contribution is 7.79. The molecular weight excluding hydrogens is 154 g/mol. The lowest BCUT2D eigenvalue weighted by Crippen LogP contribution is -1.88. The molecule has 1 atom stereocenters. The number of aldehydes is 1. The van der Waals surface area contributed by atoms with Gasteiger partial charge in [-0.15, -0.1) is 0 Å². The van der Waals surface area contributed by atoms with Crippen molar-refractivity contribution in [3.05, 3.63) is 17.8 Å². The van der Waals surface area contributed by atoms with Gasteiger partial charge < -0.3 is 9.54 Å². The Morgan fingerprint density at radius 1 is 1.60 bits per heavy atom. The number of carbonyl (C=O) groups excluding carboxylic acids is 1. The van der Waals surface area contributed by atoms with Crippen molar-refractivity contribution in [3.63, 3.8) is 0 Å². The second-order valence-electron chi connectivity index (χ2n) is 1.64. The molecule has 1 unspecified atom stereocenters. The van der Waals surface area contributed by atoms with Gasteiger partial charge in [0.25, 0.3) is 0 Å². The third-order valence-electron chi connectivity index (χ3n) is 0.997. The minimum Gasteiger partial charge on any atom is -0.344 e. The molecule has 0 amide bonds. The SMILES string of the molecule is O=Cc1ccc(S(=O)O)[nH]1. The number of nitrogens with one attached hydrogen (secondary N) is 1. The largest absolute Gasteiger partial charge is 0.344 e. The number of aromatic amines is 1. The highest BCUT2D eigenvalue weighted by atomic mass is 32.2. The second-order valence-corrected chi connectivity index (χ2v) is 2.58. The van der Waals surface area contributed by atoms with E-state index in [1.165, 1.54) is 12.1 Å². The minimum atomic E-state index is -2.02. The predicted octanol–water partition coefficient (Wildman–Crippen LogP) is 0.408. The Morgan fingerprint density at radius 3 is 2.60 bits per heavy atom. The first-order valence-electron chi connectivity index (χ1n) is 2.49. The molecule has 4 nitrogen and oxygen atoms in total. The Bertz CT molecular complexity index is 268. The average molecular weight is 159 g/mol. The van der Waals surface area contributed by atoms with Gasteiger partial charge in [0.15, 0.2) is 6.29 Å². The molecule has 0 spiro atoms. The van der Waals surface area contributed by atoms with E-state index < -0.39 is 11.1 Å². The summed E-state index contributed by atoms with van der Waals surface area (Å²) in [5.74, 6) is 0. The topological polar surface area (TPSA) is 70.2 Å². The van der Waals surface area contributed by atoms with Crippen LogP contribution in [0.5, 0.6) is 0 Å². The standard InChI is InChI=1S/C5H5NO3S/c7-3-4-1-2-5(6-4)10(8)9/h1-3,6H,(H,8,9).